The Hall–Kier alpha value is -1.64. The van der Waals surface area contributed by atoms with E-state index in [-0.39, 0.29) is 35.3 Å². The molecule has 0 bridgehead atoms. The summed E-state index contributed by atoms with van der Waals surface area (Å²) in [6.07, 6.45) is 1.47. The summed E-state index contributed by atoms with van der Waals surface area (Å²) >= 11 is 0. The number of amides is 3. The van der Waals surface area contributed by atoms with Crippen molar-refractivity contribution in [1.29, 1.82) is 0 Å². The predicted molar refractivity (Wildman–Crippen MR) is 90.3 cm³/mol. The number of carbonyl (C=O) groups excluding carboxylic acids is 3. The molecule has 2 aliphatic heterocycles. The van der Waals surface area contributed by atoms with Crippen molar-refractivity contribution >= 4 is 27.6 Å². The zero-order valence-corrected chi connectivity index (χ0v) is 15.5. The van der Waals surface area contributed by atoms with Gasteiger partial charge >= 0.3 is 0 Å². The van der Waals surface area contributed by atoms with Crippen LogP contribution in [-0.4, -0.2) is 91.6 Å². The number of hydrogen-bond donors (Lipinski definition) is 0. The van der Waals surface area contributed by atoms with E-state index in [1.165, 1.54) is 11.8 Å². The van der Waals surface area contributed by atoms with Gasteiger partial charge in [0.25, 0.3) is 0 Å². The molecule has 3 rings (SSSR count). The van der Waals surface area contributed by atoms with Gasteiger partial charge in [0, 0.05) is 46.2 Å². The van der Waals surface area contributed by atoms with Gasteiger partial charge in [-0.3, -0.25) is 14.4 Å². The largest absolute Gasteiger partial charge is 0.341 e. The average Bonchev–Trinajstić information content (AvgIpc) is 3.31. The van der Waals surface area contributed by atoms with E-state index < -0.39 is 15.3 Å². The lowest BCUT2D eigenvalue weighted by molar-refractivity contribution is -0.152. The van der Waals surface area contributed by atoms with E-state index in [1.807, 2.05) is 0 Å². The first-order chi connectivity index (χ1) is 11.7. The zero-order valence-electron chi connectivity index (χ0n) is 14.7. The maximum Gasteiger partial charge on any atom is 0.238 e. The molecule has 1 unspecified atom stereocenters. The maximum absolute atomic E-state index is 12.9. The fraction of sp³-hybridized carbons (Fsp3) is 0.812. The number of sulfone groups is 1. The molecule has 0 radical (unpaired) electrons. The molecule has 0 spiro atoms. The van der Waals surface area contributed by atoms with Crippen LogP contribution >= 0.6 is 0 Å². The second-order valence-electron chi connectivity index (χ2n) is 7.35. The molecule has 2 heterocycles. The Morgan fingerprint density at radius 1 is 1.04 bits per heavy atom. The zero-order chi connectivity index (χ0) is 18.4. The van der Waals surface area contributed by atoms with Crippen LogP contribution < -0.4 is 0 Å². The third-order valence-electron chi connectivity index (χ3n) is 5.66. The van der Waals surface area contributed by atoms with E-state index >= 15 is 0 Å². The summed E-state index contributed by atoms with van der Waals surface area (Å²) in [7, 11) is -1.47. The summed E-state index contributed by atoms with van der Waals surface area (Å²) in [6, 6.07) is -0.336. The van der Waals surface area contributed by atoms with Crippen molar-refractivity contribution in [3.63, 3.8) is 0 Å². The molecule has 1 saturated carbocycles. The first-order valence-corrected chi connectivity index (χ1v) is 10.5. The number of carbonyl (C=O) groups is 3. The van der Waals surface area contributed by atoms with E-state index in [0.29, 0.717) is 45.4 Å². The van der Waals surface area contributed by atoms with Gasteiger partial charge in [-0.05, 0) is 19.3 Å². The van der Waals surface area contributed by atoms with Gasteiger partial charge in [0.2, 0.25) is 17.7 Å². The van der Waals surface area contributed by atoms with Crippen LogP contribution in [0.4, 0.5) is 0 Å². The lowest BCUT2D eigenvalue weighted by atomic mass is 10.0. The SMILES string of the molecule is CC(=O)N1CCN(C(=O)C2(C(=O)N(C)C3CCS(=O)(=O)C3)CC2)CC1. The molecular formula is C16H25N3O5S. The molecule has 25 heavy (non-hydrogen) atoms. The molecule has 0 N–H and O–H groups in total. The van der Waals surface area contributed by atoms with Gasteiger partial charge in [-0.25, -0.2) is 8.42 Å². The van der Waals surface area contributed by atoms with Crippen LogP contribution in [0.1, 0.15) is 26.2 Å². The predicted octanol–water partition coefficient (Wildman–Crippen LogP) is -0.897. The maximum atomic E-state index is 12.9. The van der Waals surface area contributed by atoms with Gasteiger partial charge in [0.15, 0.2) is 9.84 Å². The lowest BCUT2D eigenvalue weighted by Gasteiger charge is -2.37. The minimum absolute atomic E-state index is 0.00788. The first-order valence-electron chi connectivity index (χ1n) is 8.69. The molecule has 140 valence electrons. The van der Waals surface area contributed by atoms with Gasteiger partial charge < -0.3 is 14.7 Å². The topological polar surface area (TPSA) is 95.1 Å². The number of nitrogens with zero attached hydrogens (tertiary/aromatic N) is 3. The molecular weight excluding hydrogens is 346 g/mol. The number of rotatable bonds is 3. The van der Waals surface area contributed by atoms with Gasteiger partial charge in [0.1, 0.15) is 5.41 Å². The van der Waals surface area contributed by atoms with Gasteiger partial charge in [-0.1, -0.05) is 0 Å². The number of piperazine rings is 1. The normalized spacial score (nSPS) is 27.0. The van der Waals surface area contributed by atoms with Crippen molar-refractivity contribution < 1.29 is 22.8 Å². The van der Waals surface area contributed by atoms with E-state index in [1.54, 1.807) is 16.8 Å². The lowest BCUT2D eigenvalue weighted by Crippen LogP contribution is -2.55. The van der Waals surface area contributed by atoms with Crippen LogP contribution in [0.25, 0.3) is 0 Å². The fourth-order valence-electron chi connectivity index (χ4n) is 3.76. The Kier molecular flexibility index (Phi) is 4.55. The quantitative estimate of drug-likeness (QED) is 0.600. The van der Waals surface area contributed by atoms with E-state index in [9.17, 15) is 22.8 Å². The highest BCUT2D eigenvalue weighted by Gasteiger charge is 2.60. The van der Waals surface area contributed by atoms with Crippen molar-refractivity contribution in [2.75, 3.05) is 44.7 Å². The monoisotopic (exact) mass is 371 g/mol. The van der Waals surface area contributed by atoms with E-state index in [0.717, 1.165) is 0 Å². The molecule has 0 aromatic rings. The summed E-state index contributed by atoms with van der Waals surface area (Å²) < 4.78 is 23.3. The highest BCUT2D eigenvalue weighted by Crippen LogP contribution is 2.49. The second kappa shape index (κ2) is 6.26. The Labute approximate surface area is 148 Å². The van der Waals surface area contributed by atoms with Gasteiger partial charge in [0.05, 0.1) is 11.5 Å². The molecule has 0 aromatic heterocycles. The standard InChI is InChI=1S/C16H25N3O5S/c1-12(20)18-6-8-19(9-7-18)15(22)16(4-5-16)14(21)17(2)13-3-10-25(23,24)11-13/h13H,3-11H2,1-2H3. The highest BCUT2D eigenvalue weighted by atomic mass is 32.2. The molecule has 8 nitrogen and oxygen atoms in total. The van der Waals surface area contributed by atoms with Crippen LogP contribution in [0.3, 0.4) is 0 Å². The minimum Gasteiger partial charge on any atom is -0.341 e. The molecule has 0 aromatic carbocycles. The fourth-order valence-corrected chi connectivity index (χ4v) is 5.53. The van der Waals surface area contributed by atoms with Crippen LogP contribution in [0.5, 0.6) is 0 Å². The van der Waals surface area contributed by atoms with Crippen LogP contribution in [-0.2, 0) is 24.2 Å². The number of hydrogen-bond acceptors (Lipinski definition) is 5. The third-order valence-corrected chi connectivity index (χ3v) is 7.41. The minimum atomic E-state index is -3.08. The molecule has 3 fully saturated rings. The molecule has 3 aliphatic rings. The summed E-state index contributed by atoms with van der Waals surface area (Å²) in [5, 5.41) is 0. The Bertz CT molecular complexity index is 693. The third kappa shape index (κ3) is 3.38. The highest BCUT2D eigenvalue weighted by molar-refractivity contribution is 7.91. The summed E-state index contributed by atoms with van der Waals surface area (Å²) in [6.45, 7) is 3.36. The van der Waals surface area contributed by atoms with Gasteiger partial charge in [-0.15, -0.1) is 0 Å². The second-order valence-corrected chi connectivity index (χ2v) is 9.58. The average molecular weight is 371 g/mol. The Morgan fingerprint density at radius 3 is 2.04 bits per heavy atom. The molecule has 3 amide bonds. The molecule has 2 saturated heterocycles. The van der Waals surface area contributed by atoms with Crippen molar-refractivity contribution in [2.24, 2.45) is 5.41 Å². The van der Waals surface area contributed by atoms with Gasteiger partial charge in [-0.2, -0.15) is 0 Å². The summed E-state index contributed by atoms with van der Waals surface area (Å²) in [5.74, 6) is -0.353. The van der Waals surface area contributed by atoms with Crippen molar-refractivity contribution in [1.82, 2.24) is 14.7 Å². The molecule has 1 atom stereocenters. The first kappa shape index (κ1) is 18.2. The van der Waals surface area contributed by atoms with E-state index in [4.69, 9.17) is 0 Å². The Balaban J connectivity index is 1.64. The molecule has 9 heteroatoms. The smallest absolute Gasteiger partial charge is 0.238 e. The summed E-state index contributed by atoms with van der Waals surface area (Å²) in [4.78, 5) is 42.0. The van der Waals surface area contributed by atoms with Crippen LogP contribution in [0.15, 0.2) is 0 Å². The summed E-state index contributed by atoms with van der Waals surface area (Å²) in [5.41, 5.74) is -1.01. The van der Waals surface area contributed by atoms with E-state index in [2.05, 4.69) is 0 Å². The Morgan fingerprint density at radius 2 is 1.60 bits per heavy atom. The van der Waals surface area contributed by atoms with Crippen LogP contribution in [0, 0.1) is 5.41 Å². The van der Waals surface area contributed by atoms with Crippen molar-refractivity contribution in [3.8, 4) is 0 Å². The van der Waals surface area contributed by atoms with Crippen molar-refractivity contribution in [2.45, 2.75) is 32.2 Å². The molecule has 1 aliphatic carbocycles. The van der Waals surface area contributed by atoms with Crippen LogP contribution in [0.2, 0.25) is 0 Å². The van der Waals surface area contributed by atoms with Crippen molar-refractivity contribution in [3.05, 3.63) is 0 Å².